The number of pyridine rings is 1. The molecular formula is C14H9F2N5. The Hall–Kier alpha value is -2.83. The van der Waals surface area contributed by atoms with Crippen LogP contribution >= 0.6 is 0 Å². The summed E-state index contributed by atoms with van der Waals surface area (Å²) in [5.74, 6) is 0. The number of rotatable bonds is 2. The predicted octanol–water partition coefficient (Wildman–Crippen LogP) is 3.21. The molecule has 0 bridgehead atoms. The van der Waals surface area contributed by atoms with E-state index in [0.29, 0.717) is 11.3 Å². The van der Waals surface area contributed by atoms with E-state index in [9.17, 15) is 8.78 Å². The van der Waals surface area contributed by atoms with Gasteiger partial charge in [0.1, 0.15) is 23.3 Å². The van der Waals surface area contributed by atoms with Crippen LogP contribution in [0.4, 0.5) is 8.78 Å². The zero-order valence-corrected chi connectivity index (χ0v) is 10.7. The quantitative estimate of drug-likeness (QED) is 0.615. The molecule has 21 heavy (non-hydrogen) atoms. The number of aromatic amines is 1. The molecule has 0 aliphatic heterocycles. The van der Waals surface area contributed by atoms with Crippen molar-refractivity contribution in [2.24, 2.45) is 0 Å². The van der Waals surface area contributed by atoms with E-state index in [1.165, 1.54) is 16.9 Å². The van der Waals surface area contributed by atoms with Crippen LogP contribution in [0.15, 0.2) is 43.2 Å². The molecule has 4 aromatic heterocycles. The van der Waals surface area contributed by atoms with Gasteiger partial charge >= 0.3 is 0 Å². The second-order valence-electron chi connectivity index (χ2n) is 4.62. The molecule has 4 aromatic rings. The number of halogens is 2. The fraction of sp³-hybridized carbons (Fsp3) is 0.0714. The summed E-state index contributed by atoms with van der Waals surface area (Å²) in [7, 11) is 0. The Morgan fingerprint density at radius 3 is 2.90 bits per heavy atom. The summed E-state index contributed by atoms with van der Waals surface area (Å²) in [4.78, 5) is 15.1. The first kappa shape index (κ1) is 12.0. The SMILES string of the molecule is FC(F)c1cnc2ccc(-c3c[nH]c4ncncc34)cn12. The lowest BCUT2D eigenvalue weighted by atomic mass is 10.1. The number of hydrogen-bond donors (Lipinski definition) is 1. The summed E-state index contributed by atoms with van der Waals surface area (Å²) in [6, 6.07) is 3.55. The van der Waals surface area contributed by atoms with Crippen LogP contribution in [0.3, 0.4) is 0 Å². The van der Waals surface area contributed by atoms with E-state index in [1.54, 1.807) is 24.7 Å². The molecular weight excluding hydrogens is 276 g/mol. The number of hydrogen-bond acceptors (Lipinski definition) is 3. The number of fused-ring (bicyclic) bond motifs is 2. The highest BCUT2D eigenvalue weighted by molar-refractivity contribution is 5.92. The minimum atomic E-state index is -2.57. The van der Waals surface area contributed by atoms with Gasteiger partial charge in [0.05, 0.1) is 6.20 Å². The van der Waals surface area contributed by atoms with Crippen molar-refractivity contribution in [3.8, 4) is 11.1 Å². The Kier molecular flexibility index (Phi) is 2.47. The van der Waals surface area contributed by atoms with E-state index < -0.39 is 6.43 Å². The van der Waals surface area contributed by atoms with Crippen LogP contribution in [0.5, 0.6) is 0 Å². The Morgan fingerprint density at radius 2 is 2.05 bits per heavy atom. The average molecular weight is 285 g/mol. The average Bonchev–Trinajstić information content (AvgIpc) is 3.10. The molecule has 0 atom stereocenters. The van der Waals surface area contributed by atoms with Gasteiger partial charge in [-0.3, -0.25) is 4.40 Å². The first-order valence-corrected chi connectivity index (χ1v) is 6.26. The van der Waals surface area contributed by atoms with Crippen LogP contribution in [-0.2, 0) is 0 Å². The largest absolute Gasteiger partial charge is 0.345 e. The third kappa shape index (κ3) is 1.78. The molecule has 0 aromatic carbocycles. The summed E-state index contributed by atoms with van der Waals surface area (Å²) in [5.41, 5.74) is 2.73. The van der Waals surface area contributed by atoms with Crippen molar-refractivity contribution in [2.45, 2.75) is 6.43 Å². The molecule has 104 valence electrons. The van der Waals surface area contributed by atoms with E-state index in [1.807, 2.05) is 6.07 Å². The summed E-state index contributed by atoms with van der Waals surface area (Å²) in [6.07, 6.45) is 5.22. The molecule has 0 spiro atoms. The van der Waals surface area contributed by atoms with Crippen LogP contribution in [0.25, 0.3) is 27.8 Å². The van der Waals surface area contributed by atoms with Gasteiger partial charge < -0.3 is 4.98 Å². The number of aromatic nitrogens is 5. The second-order valence-corrected chi connectivity index (χ2v) is 4.62. The molecule has 0 aliphatic carbocycles. The normalized spacial score (nSPS) is 11.8. The number of H-pyrrole nitrogens is 1. The summed E-state index contributed by atoms with van der Waals surface area (Å²) in [5, 5.41) is 0.843. The highest BCUT2D eigenvalue weighted by Gasteiger charge is 2.14. The van der Waals surface area contributed by atoms with Crippen LogP contribution in [0, 0.1) is 0 Å². The minimum Gasteiger partial charge on any atom is -0.345 e. The first-order chi connectivity index (χ1) is 10.2. The standard InChI is InChI=1S/C14H9F2N5/c15-13(16)11-5-18-12-2-1-8(6-21(11)12)9-4-19-14-10(9)3-17-7-20-14/h1-7,13H,(H,17,19,20). The van der Waals surface area contributed by atoms with Gasteiger partial charge in [0.25, 0.3) is 6.43 Å². The van der Waals surface area contributed by atoms with E-state index >= 15 is 0 Å². The summed E-state index contributed by atoms with van der Waals surface area (Å²) in [6.45, 7) is 0. The van der Waals surface area contributed by atoms with Gasteiger partial charge in [0, 0.05) is 35.1 Å². The van der Waals surface area contributed by atoms with Gasteiger partial charge in [-0.1, -0.05) is 0 Å². The zero-order valence-electron chi connectivity index (χ0n) is 10.7. The summed E-state index contributed by atoms with van der Waals surface area (Å²) >= 11 is 0. The maximum Gasteiger partial charge on any atom is 0.280 e. The van der Waals surface area contributed by atoms with Crippen LogP contribution < -0.4 is 0 Å². The van der Waals surface area contributed by atoms with E-state index in [4.69, 9.17) is 0 Å². The predicted molar refractivity (Wildman–Crippen MR) is 73.0 cm³/mol. The fourth-order valence-electron chi connectivity index (χ4n) is 2.42. The lowest BCUT2D eigenvalue weighted by molar-refractivity contribution is 0.145. The van der Waals surface area contributed by atoms with E-state index in [-0.39, 0.29) is 5.69 Å². The minimum absolute atomic E-state index is 0.122. The molecule has 1 N–H and O–H groups in total. The number of nitrogens with one attached hydrogen (secondary N) is 1. The van der Waals surface area contributed by atoms with Crippen molar-refractivity contribution in [3.63, 3.8) is 0 Å². The zero-order chi connectivity index (χ0) is 14.4. The number of nitrogens with zero attached hydrogens (tertiary/aromatic N) is 4. The maximum absolute atomic E-state index is 13.0. The van der Waals surface area contributed by atoms with Crippen molar-refractivity contribution in [2.75, 3.05) is 0 Å². The molecule has 0 saturated heterocycles. The second kappa shape index (κ2) is 4.34. The van der Waals surface area contributed by atoms with E-state index in [0.717, 1.165) is 16.5 Å². The van der Waals surface area contributed by atoms with Gasteiger partial charge in [0.2, 0.25) is 0 Å². The van der Waals surface area contributed by atoms with Crippen molar-refractivity contribution in [1.82, 2.24) is 24.3 Å². The third-order valence-corrected chi connectivity index (χ3v) is 3.42. The van der Waals surface area contributed by atoms with Gasteiger partial charge in [-0.15, -0.1) is 0 Å². The van der Waals surface area contributed by atoms with Crippen molar-refractivity contribution < 1.29 is 8.78 Å². The number of imidazole rings is 1. The van der Waals surface area contributed by atoms with Gasteiger partial charge in [-0.2, -0.15) is 0 Å². The Morgan fingerprint density at radius 1 is 1.14 bits per heavy atom. The summed E-state index contributed by atoms with van der Waals surface area (Å²) < 4.78 is 27.3. The van der Waals surface area contributed by atoms with Crippen LogP contribution in [-0.4, -0.2) is 24.3 Å². The Labute approximate surface area is 117 Å². The Balaban J connectivity index is 1.96. The van der Waals surface area contributed by atoms with Gasteiger partial charge in [-0.25, -0.2) is 23.7 Å². The monoisotopic (exact) mass is 285 g/mol. The first-order valence-electron chi connectivity index (χ1n) is 6.26. The topological polar surface area (TPSA) is 58.9 Å². The van der Waals surface area contributed by atoms with E-state index in [2.05, 4.69) is 19.9 Å². The lowest BCUT2D eigenvalue weighted by Crippen LogP contribution is -1.93. The Bertz CT molecular complexity index is 941. The molecule has 4 heterocycles. The van der Waals surface area contributed by atoms with Crippen LogP contribution in [0.1, 0.15) is 12.1 Å². The van der Waals surface area contributed by atoms with Gasteiger partial charge in [-0.05, 0) is 12.1 Å². The molecule has 7 heteroatoms. The number of alkyl halides is 2. The smallest absolute Gasteiger partial charge is 0.280 e. The molecule has 5 nitrogen and oxygen atoms in total. The molecule has 4 rings (SSSR count). The molecule has 0 amide bonds. The lowest BCUT2D eigenvalue weighted by Gasteiger charge is -2.04. The maximum atomic E-state index is 13.0. The van der Waals surface area contributed by atoms with Gasteiger partial charge in [0.15, 0.2) is 0 Å². The fourth-order valence-corrected chi connectivity index (χ4v) is 2.42. The molecule has 0 aliphatic rings. The highest BCUT2D eigenvalue weighted by Crippen LogP contribution is 2.28. The van der Waals surface area contributed by atoms with Crippen molar-refractivity contribution in [3.05, 3.63) is 48.9 Å². The molecule has 0 saturated carbocycles. The molecule has 0 radical (unpaired) electrons. The van der Waals surface area contributed by atoms with Crippen LogP contribution in [0.2, 0.25) is 0 Å². The third-order valence-electron chi connectivity index (χ3n) is 3.42. The highest BCUT2D eigenvalue weighted by atomic mass is 19.3. The molecule has 0 unspecified atom stereocenters. The van der Waals surface area contributed by atoms with Crippen molar-refractivity contribution in [1.29, 1.82) is 0 Å². The van der Waals surface area contributed by atoms with Crippen molar-refractivity contribution >= 4 is 16.7 Å². The molecule has 0 fully saturated rings.